The number of rotatable bonds is 3. The lowest BCUT2D eigenvalue weighted by molar-refractivity contribution is 0.390. The molecule has 0 bridgehead atoms. The van der Waals surface area contributed by atoms with Crippen LogP contribution in [0, 0.1) is 0 Å². The number of nitrogens with two attached hydrogens (primary N) is 1. The molecule has 3 nitrogen and oxygen atoms in total. The van der Waals surface area contributed by atoms with Crippen LogP contribution in [0.3, 0.4) is 0 Å². The molecule has 3 heteroatoms. The molecule has 1 aromatic heterocycles. The third-order valence-corrected chi connectivity index (χ3v) is 3.49. The van der Waals surface area contributed by atoms with Crippen LogP contribution in [0.1, 0.15) is 17.2 Å². The first-order chi connectivity index (χ1) is 9.81. The summed E-state index contributed by atoms with van der Waals surface area (Å²) in [6, 6.07) is 18.0. The maximum atomic E-state index is 6.44. The van der Waals surface area contributed by atoms with Gasteiger partial charge in [-0.25, -0.2) is 4.98 Å². The van der Waals surface area contributed by atoms with Crippen LogP contribution in [0.25, 0.3) is 10.8 Å². The van der Waals surface area contributed by atoms with Crippen LogP contribution in [0.2, 0.25) is 0 Å². The van der Waals surface area contributed by atoms with Gasteiger partial charge in [-0.05, 0) is 22.4 Å². The molecular formula is C17H16N2O. The number of ether oxygens (including phenoxy) is 1. The van der Waals surface area contributed by atoms with Crippen molar-refractivity contribution >= 4 is 10.8 Å². The zero-order valence-corrected chi connectivity index (χ0v) is 11.3. The zero-order valence-electron chi connectivity index (χ0n) is 11.3. The minimum absolute atomic E-state index is 0.259. The third kappa shape index (κ3) is 2.12. The van der Waals surface area contributed by atoms with Crippen LogP contribution in [0.5, 0.6) is 5.88 Å². The molecule has 0 spiro atoms. The molecule has 2 N–H and O–H groups in total. The zero-order chi connectivity index (χ0) is 13.9. The number of hydrogen-bond acceptors (Lipinski definition) is 3. The van der Waals surface area contributed by atoms with Gasteiger partial charge in [0, 0.05) is 11.8 Å². The number of methoxy groups -OCH3 is 1. The quantitative estimate of drug-likeness (QED) is 0.789. The first-order valence-electron chi connectivity index (χ1n) is 6.53. The molecule has 0 aliphatic carbocycles. The Morgan fingerprint density at radius 2 is 1.70 bits per heavy atom. The molecule has 2 aromatic carbocycles. The van der Waals surface area contributed by atoms with Gasteiger partial charge in [0.1, 0.15) is 0 Å². The Morgan fingerprint density at radius 3 is 2.55 bits per heavy atom. The molecule has 3 aromatic rings. The molecule has 1 heterocycles. The molecular weight excluding hydrogens is 248 g/mol. The van der Waals surface area contributed by atoms with Gasteiger partial charge in [0.05, 0.1) is 13.2 Å². The highest BCUT2D eigenvalue weighted by Crippen LogP contribution is 2.30. The van der Waals surface area contributed by atoms with E-state index in [1.807, 2.05) is 30.3 Å². The Hall–Kier alpha value is -2.39. The first-order valence-corrected chi connectivity index (χ1v) is 6.53. The number of fused-ring (bicyclic) bond motifs is 1. The molecule has 3 rings (SSSR count). The fraction of sp³-hybridized carbons (Fsp3) is 0.118. The molecule has 20 heavy (non-hydrogen) atoms. The van der Waals surface area contributed by atoms with E-state index in [2.05, 4.69) is 29.2 Å². The molecule has 1 atom stereocenters. The fourth-order valence-corrected chi connectivity index (χ4v) is 2.50. The largest absolute Gasteiger partial charge is 0.481 e. The Morgan fingerprint density at radius 1 is 0.950 bits per heavy atom. The van der Waals surface area contributed by atoms with E-state index in [4.69, 9.17) is 10.5 Å². The van der Waals surface area contributed by atoms with Crippen molar-refractivity contribution in [3.63, 3.8) is 0 Å². The summed E-state index contributed by atoms with van der Waals surface area (Å²) in [5, 5.41) is 2.34. The van der Waals surface area contributed by atoms with E-state index in [0.29, 0.717) is 5.88 Å². The predicted octanol–water partition coefficient (Wildman–Crippen LogP) is 3.29. The normalized spacial score (nSPS) is 12.3. The third-order valence-electron chi connectivity index (χ3n) is 3.49. The Kier molecular flexibility index (Phi) is 3.35. The van der Waals surface area contributed by atoms with Crippen LogP contribution in [-0.4, -0.2) is 12.1 Å². The molecule has 100 valence electrons. The molecule has 0 radical (unpaired) electrons. The highest BCUT2D eigenvalue weighted by molar-refractivity contribution is 5.86. The van der Waals surface area contributed by atoms with E-state index in [-0.39, 0.29) is 6.04 Å². The van der Waals surface area contributed by atoms with Crippen LogP contribution >= 0.6 is 0 Å². The second-order valence-corrected chi connectivity index (χ2v) is 4.65. The topological polar surface area (TPSA) is 48.1 Å². The van der Waals surface area contributed by atoms with E-state index >= 15 is 0 Å². The standard InChI is InChI=1S/C17H16N2O/c1-20-17-15(10-5-11-19-17)16(18)14-9-4-7-12-6-2-3-8-13(12)14/h2-11,16H,18H2,1H3. The van der Waals surface area contributed by atoms with Crippen molar-refractivity contribution < 1.29 is 4.74 Å². The van der Waals surface area contributed by atoms with E-state index in [1.165, 1.54) is 5.39 Å². The van der Waals surface area contributed by atoms with Crippen molar-refractivity contribution in [1.29, 1.82) is 0 Å². The van der Waals surface area contributed by atoms with Crippen LogP contribution < -0.4 is 10.5 Å². The van der Waals surface area contributed by atoms with Crippen molar-refractivity contribution in [2.75, 3.05) is 7.11 Å². The number of nitrogens with zero attached hydrogens (tertiary/aromatic N) is 1. The lowest BCUT2D eigenvalue weighted by atomic mass is 9.95. The van der Waals surface area contributed by atoms with E-state index < -0.39 is 0 Å². The maximum Gasteiger partial charge on any atom is 0.218 e. The minimum Gasteiger partial charge on any atom is -0.481 e. The summed E-state index contributed by atoms with van der Waals surface area (Å²) in [6.07, 6.45) is 1.71. The maximum absolute atomic E-state index is 6.44. The molecule has 0 amide bonds. The SMILES string of the molecule is COc1ncccc1C(N)c1cccc2ccccc12. The highest BCUT2D eigenvalue weighted by Gasteiger charge is 2.16. The van der Waals surface area contributed by atoms with Gasteiger partial charge in [0.2, 0.25) is 5.88 Å². The summed E-state index contributed by atoms with van der Waals surface area (Å²) in [5.74, 6) is 0.577. The fourth-order valence-electron chi connectivity index (χ4n) is 2.50. The van der Waals surface area contributed by atoms with E-state index in [1.54, 1.807) is 13.3 Å². The lowest BCUT2D eigenvalue weighted by Crippen LogP contribution is -2.14. The van der Waals surface area contributed by atoms with Gasteiger partial charge < -0.3 is 10.5 Å². The lowest BCUT2D eigenvalue weighted by Gasteiger charge is -2.17. The molecule has 0 saturated carbocycles. The van der Waals surface area contributed by atoms with Crippen molar-refractivity contribution in [2.45, 2.75) is 6.04 Å². The van der Waals surface area contributed by atoms with Gasteiger partial charge in [0.15, 0.2) is 0 Å². The van der Waals surface area contributed by atoms with Crippen molar-refractivity contribution in [1.82, 2.24) is 4.98 Å². The predicted molar refractivity (Wildman–Crippen MR) is 80.8 cm³/mol. The minimum atomic E-state index is -0.259. The molecule has 0 saturated heterocycles. The average Bonchev–Trinajstić information content (AvgIpc) is 2.53. The summed E-state index contributed by atoms with van der Waals surface area (Å²) in [6.45, 7) is 0. The van der Waals surface area contributed by atoms with E-state index in [0.717, 1.165) is 16.5 Å². The number of aromatic nitrogens is 1. The Labute approximate surface area is 118 Å². The van der Waals surface area contributed by atoms with Gasteiger partial charge >= 0.3 is 0 Å². The van der Waals surface area contributed by atoms with Gasteiger partial charge in [-0.1, -0.05) is 48.5 Å². The summed E-state index contributed by atoms with van der Waals surface area (Å²) in [5.41, 5.74) is 8.41. The number of pyridine rings is 1. The first kappa shape index (κ1) is 12.6. The molecule has 0 aliphatic rings. The van der Waals surface area contributed by atoms with Crippen LogP contribution in [-0.2, 0) is 0 Å². The Bertz CT molecular complexity index is 734. The summed E-state index contributed by atoms with van der Waals surface area (Å²) < 4.78 is 5.31. The number of hydrogen-bond donors (Lipinski definition) is 1. The summed E-state index contributed by atoms with van der Waals surface area (Å²) >= 11 is 0. The molecule has 1 unspecified atom stereocenters. The van der Waals surface area contributed by atoms with Gasteiger partial charge in [-0.2, -0.15) is 0 Å². The van der Waals surface area contributed by atoms with Crippen molar-refractivity contribution in [2.24, 2.45) is 5.73 Å². The number of benzene rings is 2. The van der Waals surface area contributed by atoms with Crippen LogP contribution in [0.15, 0.2) is 60.8 Å². The molecule has 0 aliphatic heterocycles. The smallest absolute Gasteiger partial charge is 0.218 e. The van der Waals surface area contributed by atoms with Crippen molar-refractivity contribution in [3.8, 4) is 5.88 Å². The molecule has 0 fully saturated rings. The average molecular weight is 264 g/mol. The van der Waals surface area contributed by atoms with Crippen LogP contribution in [0.4, 0.5) is 0 Å². The van der Waals surface area contributed by atoms with Gasteiger partial charge in [-0.3, -0.25) is 0 Å². The van der Waals surface area contributed by atoms with Gasteiger partial charge in [-0.15, -0.1) is 0 Å². The summed E-state index contributed by atoms with van der Waals surface area (Å²) in [7, 11) is 1.61. The summed E-state index contributed by atoms with van der Waals surface area (Å²) in [4.78, 5) is 4.22. The van der Waals surface area contributed by atoms with Crippen molar-refractivity contribution in [3.05, 3.63) is 71.9 Å². The van der Waals surface area contributed by atoms with E-state index in [9.17, 15) is 0 Å². The Balaban J connectivity index is 2.15. The van der Waals surface area contributed by atoms with Gasteiger partial charge in [0.25, 0.3) is 0 Å². The highest BCUT2D eigenvalue weighted by atomic mass is 16.5. The second-order valence-electron chi connectivity index (χ2n) is 4.65. The monoisotopic (exact) mass is 264 g/mol. The second kappa shape index (κ2) is 5.31.